The SMILES string of the molecule is CCc1ccc(SC)cc1.CCc1ccc(SC)cc1. The lowest BCUT2D eigenvalue weighted by molar-refractivity contribution is 1.13. The number of hydrogen-bond acceptors (Lipinski definition) is 2. The van der Waals surface area contributed by atoms with E-state index in [-0.39, 0.29) is 0 Å². The average molecular weight is 305 g/mol. The highest BCUT2D eigenvalue weighted by molar-refractivity contribution is 7.98. The van der Waals surface area contributed by atoms with Crippen LogP contribution in [0, 0.1) is 0 Å². The zero-order valence-electron chi connectivity index (χ0n) is 12.8. The van der Waals surface area contributed by atoms with E-state index in [1.165, 1.54) is 20.9 Å². The van der Waals surface area contributed by atoms with Crippen LogP contribution >= 0.6 is 23.5 Å². The first-order chi connectivity index (χ1) is 9.73. The Morgan fingerprint density at radius 3 is 1.10 bits per heavy atom. The van der Waals surface area contributed by atoms with Crippen LogP contribution in [0.1, 0.15) is 25.0 Å². The van der Waals surface area contributed by atoms with Gasteiger partial charge >= 0.3 is 0 Å². The molecule has 20 heavy (non-hydrogen) atoms. The van der Waals surface area contributed by atoms with E-state index >= 15 is 0 Å². The summed E-state index contributed by atoms with van der Waals surface area (Å²) in [5.41, 5.74) is 2.83. The lowest BCUT2D eigenvalue weighted by Crippen LogP contribution is -1.77. The maximum atomic E-state index is 2.19. The second kappa shape index (κ2) is 9.95. The van der Waals surface area contributed by atoms with Gasteiger partial charge in [-0.3, -0.25) is 0 Å². The van der Waals surface area contributed by atoms with Crippen molar-refractivity contribution in [2.45, 2.75) is 36.5 Å². The summed E-state index contributed by atoms with van der Waals surface area (Å²) in [5, 5.41) is 0. The molecule has 0 heterocycles. The largest absolute Gasteiger partial charge is 0.130 e. The average Bonchev–Trinajstić information content (AvgIpc) is 2.55. The summed E-state index contributed by atoms with van der Waals surface area (Å²) in [4.78, 5) is 2.69. The number of thioether (sulfide) groups is 2. The topological polar surface area (TPSA) is 0 Å². The molecular weight excluding hydrogens is 280 g/mol. The third kappa shape index (κ3) is 6.06. The molecule has 0 fully saturated rings. The number of rotatable bonds is 4. The zero-order valence-corrected chi connectivity index (χ0v) is 14.5. The van der Waals surface area contributed by atoms with Crippen LogP contribution in [-0.2, 0) is 12.8 Å². The van der Waals surface area contributed by atoms with Crippen LogP contribution in [0.2, 0.25) is 0 Å². The maximum absolute atomic E-state index is 2.19. The summed E-state index contributed by atoms with van der Waals surface area (Å²) in [6, 6.07) is 17.4. The summed E-state index contributed by atoms with van der Waals surface area (Å²) in [6.45, 7) is 4.35. The van der Waals surface area contributed by atoms with Crippen molar-refractivity contribution < 1.29 is 0 Å². The molecule has 0 unspecified atom stereocenters. The van der Waals surface area contributed by atoms with Gasteiger partial charge in [0.25, 0.3) is 0 Å². The number of benzene rings is 2. The van der Waals surface area contributed by atoms with Crippen molar-refractivity contribution >= 4 is 23.5 Å². The molecule has 0 radical (unpaired) electrons. The Morgan fingerprint density at radius 2 is 0.900 bits per heavy atom. The van der Waals surface area contributed by atoms with Gasteiger partial charge in [0, 0.05) is 9.79 Å². The third-order valence-corrected chi connectivity index (χ3v) is 4.62. The molecule has 0 amide bonds. The summed E-state index contributed by atoms with van der Waals surface area (Å²) in [5.74, 6) is 0. The molecule has 2 rings (SSSR count). The lowest BCUT2D eigenvalue weighted by atomic mass is 10.2. The van der Waals surface area contributed by atoms with Crippen molar-refractivity contribution in [3.05, 3.63) is 59.7 Å². The summed E-state index contributed by atoms with van der Waals surface area (Å²) in [6.07, 6.45) is 6.46. The van der Waals surface area contributed by atoms with Gasteiger partial charge in [-0.1, -0.05) is 38.1 Å². The highest BCUT2D eigenvalue weighted by Crippen LogP contribution is 2.15. The highest BCUT2D eigenvalue weighted by Gasteiger charge is 1.89. The van der Waals surface area contributed by atoms with Crippen molar-refractivity contribution in [3.63, 3.8) is 0 Å². The Kier molecular flexibility index (Phi) is 8.56. The van der Waals surface area contributed by atoms with Crippen LogP contribution in [0.3, 0.4) is 0 Å². The molecule has 0 aliphatic heterocycles. The van der Waals surface area contributed by atoms with E-state index < -0.39 is 0 Å². The number of aryl methyl sites for hydroxylation is 2. The fraction of sp³-hybridized carbons (Fsp3) is 0.333. The molecule has 0 nitrogen and oxygen atoms in total. The molecule has 0 saturated heterocycles. The first-order valence-electron chi connectivity index (χ1n) is 6.99. The molecule has 2 heteroatoms. The van der Waals surface area contributed by atoms with Gasteiger partial charge < -0.3 is 0 Å². The quantitative estimate of drug-likeness (QED) is 0.641. The summed E-state index contributed by atoms with van der Waals surface area (Å²) < 4.78 is 0. The fourth-order valence-corrected chi connectivity index (χ4v) is 2.54. The molecular formula is C18H24S2. The highest BCUT2D eigenvalue weighted by atomic mass is 32.2. The fourth-order valence-electron chi connectivity index (χ4n) is 1.72. The van der Waals surface area contributed by atoms with E-state index in [4.69, 9.17) is 0 Å². The molecule has 0 aromatic heterocycles. The normalized spacial score (nSPS) is 9.80. The van der Waals surface area contributed by atoms with E-state index in [0.29, 0.717) is 0 Å². The van der Waals surface area contributed by atoms with Gasteiger partial charge in [-0.25, -0.2) is 0 Å². The Bertz CT molecular complexity index is 378. The van der Waals surface area contributed by atoms with E-state index in [2.05, 4.69) is 74.9 Å². The molecule has 0 spiro atoms. The van der Waals surface area contributed by atoms with Crippen molar-refractivity contribution in [2.24, 2.45) is 0 Å². The van der Waals surface area contributed by atoms with Gasteiger partial charge in [0.15, 0.2) is 0 Å². The maximum Gasteiger partial charge on any atom is 0.00693 e. The minimum atomic E-state index is 1.13. The van der Waals surface area contributed by atoms with Crippen molar-refractivity contribution in [1.82, 2.24) is 0 Å². The molecule has 0 N–H and O–H groups in total. The Hall–Kier alpha value is -0.860. The molecule has 0 bridgehead atoms. The van der Waals surface area contributed by atoms with E-state index in [1.807, 2.05) is 0 Å². The smallest absolute Gasteiger partial charge is 0.00693 e. The lowest BCUT2D eigenvalue weighted by Gasteiger charge is -1.97. The number of hydrogen-bond donors (Lipinski definition) is 0. The predicted octanol–water partition coefficient (Wildman–Crippen LogP) is 5.94. The Balaban J connectivity index is 0.000000200. The van der Waals surface area contributed by atoms with Gasteiger partial charge in [0.05, 0.1) is 0 Å². The summed E-state index contributed by atoms with van der Waals surface area (Å²) >= 11 is 3.58. The van der Waals surface area contributed by atoms with Gasteiger partial charge in [-0.15, -0.1) is 23.5 Å². The van der Waals surface area contributed by atoms with Gasteiger partial charge in [-0.05, 0) is 60.7 Å². The third-order valence-electron chi connectivity index (χ3n) is 3.13. The van der Waals surface area contributed by atoms with Crippen molar-refractivity contribution in [2.75, 3.05) is 12.5 Å². The Labute approximate surface area is 132 Å². The summed E-state index contributed by atoms with van der Waals surface area (Å²) in [7, 11) is 0. The molecule has 0 aliphatic carbocycles. The molecule has 108 valence electrons. The van der Waals surface area contributed by atoms with E-state index in [1.54, 1.807) is 23.5 Å². The van der Waals surface area contributed by atoms with Gasteiger partial charge in [0.2, 0.25) is 0 Å². The second-order valence-corrected chi connectivity index (χ2v) is 6.16. The second-order valence-electron chi connectivity index (χ2n) is 4.40. The minimum absolute atomic E-state index is 1.13. The first kappa shape index (κ1) is 17.2. The van der Waals surface area contributed by atoms with Gasteiger partial charge in [-0.2, -0.15) is 0 Å². The van der Waals surface area contributed by atoms with Crippen LogP contribution in [0.5, 0.6) is 0 Å². The van der Waals surface area contributed by atoms with E-state index in [9.17, 15) is 0 Å². The van der Waals surface area contributed by atoms with Gasteiger partial charge in [0.1, 0.15) is 0 Å². The zero-order chi connectivity index (χ0) is 14.8. The molecule has 0 atom stereocenters. The standard InChI is InChI=1S/2C9H12S/c2*1-3-8-4-6-9(10-2)7-5-8/h2*4-7H,3H2,1-2H3. The minimum Gasteiger partial charge on any atom is -0.130 e. The van der Waals surface area contributed by atoms with Crippen LogP contribution in [0.25, 0.3) is 0 Å². The van der Waals surface area contributed by atoms with Crippen LogP contribution in [0.4, 0.5) is 0 Å². The monoisotopic (exact) mass is 304 g/mol. The molecule has 0 aliphatic rings. The predicted molar refractivity (Wildman–Crippen MR) is 95.2 cm³/mol. The molecule has 0 saturated carbocycles. The first-order valence-corrected chi connectivity index (χ1v) is 9.44. The van der Waals surface area contributed by atoms with Crippen LogP contribution in [-0.4, -0.2) is 12.5 Å². The van der Waals surface area contributed by atoms with Crippen LogP contribution < -0.4 is 0 Å². The molecule has 2 aromatic rings. The molecule has 2 aromatic carbocycles. The van der Waals surface area contributed by atoms with E-state index in [0.717, 1.165) is 12.8 Å². The van der Waals surface area contributed by atoms with Crippen molar-refractivity contribution in [3.8, 4) is 0 Å². The van der Waals surface area contributed by atoms with Crippen molar-refractivity contribution in [1.29, 1.82) is 0 Å². The van der Waals surface area contributed by atoms with Crippen LogP contribution in [0.15, 0.2) is 58.3 Å². The Morgan fingerprint density at radius 1 is 0.600 bits per heavy atom.